The molecule has 1 N–H and O–H groups in total. The van der Waals surface area contributed by atoms with Crippen molar-refractivity contribution in [2.24, 2.45) is 0 Å². The summed E-state index contributed by atoms with van der Waals surface area (Å²) in [6, 6.07) is 9.27. The van der Waals surface area contributed by atoms with E-state index in [1.54, 1.807) is 13.0 Å². The first-order valence-electron chi connectivity index (χ1n) is 6.19. The Morgan fingerprint density at radius 2 is 2.00 bits per heavy atom. The summed E-state index contributed by atoms with van der Waals surface area (Å²) >= 11 is 0.855. The van der Waals surface area contributed by atoms with E-state index in [0.29, 0.717) is 11.4 Å². The molecule has 2 rings (SSSR count). The minimum atomic E-state index is -0.421. The van der Waals surface area contributed by atoms with Gasteiger partial charge in [-0.05, 0) is 30.3 Å². The largest absolute Gasteiger partial charge is 0.355 e. The van der Waals surface area contributed by atoms with Gasteiger partial charge in [0.1, 0.15) is 6.54 Å². The lowest BCUT2D eigenvalue weighted by Gasteiger charge is -2.11. The van der Waals surface area contributed by atoms with Crippen molar-refractivity contribution in [3.63, 3.8) is 0 Å². The summed E-state index contributed by atoms with van der Waals surface area (Å²) in [5.41, 5.74) is 0.844. The molecule has 1 aromatic rings. The molecule has 1 heterocycles. The average molecular weight is 290 g/mol. The molecule has 104 valence electrons. The highest BCUT2D eigenvalue weighted by molar-refractivity contribution is 8.18. The molecular formula is C14H14N2O3S. The molecule has 0 bridgehead atoms. The van der Waals surface area contributed by atoms with Crippen molar-refractivity contribution in [2.75, 3.05) is 13.1 Å². The summed E-state index contributed by atoms with van der Waals surface area (Å²) in [4.78, 5) is 36.6. The molecule has 6 heteroatoms. The molecule has 0 aromatic heterocycles. The zero-order valence-electron chi connectivity index (χ0n) is 11.0. The van der Waals surface area contributed by atoms with Crippen molar-refractivity contribution < 1.29 is 14.4 Å². The number of carbonyl (C=O) groups excluding carboxylic acids is 3. The molecule has 0 aliphatic carbocycles. The Labute approximate surface area is 121 Å². The summed E-state index contributed by atoms with van der Waals surface area (Å²) in [5.74, 6) is -0.758. The van der Waals surface area contributed by atoms with Crippen LogP contribution in [0.15, 0.2) is 35.2 Å². The van der Waals surface area contributed by atoms with Gasteiger partial charge in [-0.1, -0.05) is 30.3 Å². The van der Waals surface area contributed by atoms with Crippen molar-refractivity contribution in [2.45, 2.75) is 6.92 Å². The van der Waals surface area contributed by atoms with Crippen LogP contribution in [-0.2, 0) is 9.59 Å². The molecule has 1 aliphatic rings. The Hall–Kier alpha value is -2.08. The smallest absolute Gasteiger partial charge is 0.294 e. The number of carbonyl (C=O) groups is 3. The van der Waals surface area contributed by atoms with Crippen molar-refractivity contribution in [1.29, 1.82) is 0 Å². The van der Waals surface area contributed by atoms with E-state index in [0.717, 1.165) is 22.2 Å². The maximum Gasteiger partial charge on any atom is 0.294 e. The molecule has 1 saturated heterocycles. The van der Waals surface area contributed by atoms with Crippen LogP contribution < -0.4 is 5.32 Å². The van der Waals surface area contributed by atoms with Gasteiger partial charge < -0.3 is 5.32 Å². The van der Waals surface area contributed by atoms with Crippen LogP contribution >= 0.6 is 11.8 Å². The molecular weight excluding hydrogens is 276 g/mol. The highest BCUT2D eigenvalue weighted by Crippen LogP contribution is 2.31. The minimum absolute atomic E-state index is 0.232. The van der Waals surface area contributed by atoms with Gasteiger partial charge in [0.2, 0.25) is 5.91 Å². The fourth-order valence-electron chi connectivity index (χ4n) is 1.73. The van der Waals surface area contributed by atoms with Gasteiger partial charge in [-0.15, -0.1) is 0 Å². The third-order valence-corrected chi connectivity index (χ3v) is 3.55. The average Bonchev–Trinajstić information content (AvgIpc) is 2.68. The first-order chi connectivity index (χ1) is 9.61. The fourth-order valence-corrected chi connectivity index (χ4v) is 2.57. The Morgan fingerprint density at radius 3 is 2.65 bits per heavy atom. The van der Waals surface area contributed by atoms with E-state index in [1.165, 1.54) is 0 Å². The van der Waals surface area contributed by atoms with Gasteiger partial charge in [0.25, 0.3) is 11.1 Å². The van der Waals surface area contributed by atoms with E-state index in [4.69, 9.17) is 0 Å². The molecule has 0 spiro atoms. The predicted molar refractivity (Wildman–Crippen MR) is 77.8 cm³/mol. The third-order valence-electron chi connectivity index (χ3n) is 2.65. The monoisotopic (exact) mass is 290 g/mol. The zero-order chi connectivity index (χ0) is 14.5. The number of thioether (sulfide) groups is 1. The van der Waals surface area contributed by atoms with Gasteiger partial charge >= 0.3 is 0 Å². The van der Waals surface area contributed by atoms with Crippen molar-refractivity contribution >= 4 is 34.9 Å². The first kappa shape index (κ1) is 14.3. The van der Waals surface area contributed by atoms with Gasteiger partial charge in [0.05, 0.1) is 4.91 Å². The third kappa shape index (κ3) is 3.27. The van der Waals surface area contributed by atoms with Gasteiger partial charge in [-0.25, -0.2) is 0 Å². The summed E-state index contributed by atoms with van der Waals surface area (Å²) in [6.45, 7) is 2.01. The lowest BCUT2D eigenvalue weighted by Crippen LogP contribution is -2.39. The van der Waals surface area contributed by atoms with Crippen LogP contribution in [0.3, 0.4) is 0 Å². The topological polar surface area (TPSA) is 66.5 Å². The highest BCUT2D eigenvalue weighted by Gasteiger charge is 2.36. The maximum absolute atomic E-state index is 12.1. The van der Waals surface area contributed by atoms with Crippen molar-refractivity contribution in [1.82, 2.24) is 10.2 Å². The zero-order valence-corrected chi connectivity index (χ0v) is 11.8. The highest BCUT2D eigenvalue weighted by atomic mass is 32.2. The quantitative estimate of drug-likeness (QED) is 0.860. The molecule has 1 fully saturated rings. The number of benzene rings is 1. The van der Waals surface area contributed by atoms with Crippen LogP contribution in [0, 0.1) is 0 Å². The SMILES string of the molecule is CCNC(=O)CN1C(=O)S/C(=C/c2ccccc2)C1=O. The van der Waals surface area contributed by atoms with Crippen LogP contribution in [0.25, 0.3) is 6.08 Å². The number of nitrogens with one attached hydrogen (secondary N) is 1. The summed E-state index contributed by atoms with van der Waals surface area (Å²) in [6.07, 6.45) is 1.66. The Morgan fingerprint density at radius 1 is 1.30 bits per heavy atom. The van der Waals surface area contributed by atoms with Crippen LogP contribution in [-0.4, -0.2) is 35.0 Å². The number of hydrogen-bond donors (Lipinski definition) is 1. The molecule has 0 saturated carbocycles. The number of amides is 3. The molecule has 5 nitrogen and oxygen atoms in total. The van der Waals surface area contributed by atoms with E-state index >= 15 is 0 Å². The van der Waals surface area contributed by atoms with E-state index in [-0.39, 0.29) is 12.5 Å². The summed E-state index contributed by atoms with van der Waals surface area (Å²) in [7, 11) is 0. The van der Waals surface area contributed by atoms with E-state index in [2.05, 4.69) is 5.32 Å². The second-order valence-electron chi connectivity index (χ2n) is 4.13. The molecule has 1 aliphatic heterocycles. The van der Waals surface area contributed by atoms with Crippen LogP contribution in [0.2, 0.25) is 0 Å². The Bertz CT molecular complexity index is 569. The van der Waals surface area contributed by atoms with Crippen molar-refractivity contribution in [3.05, 3.63) is 40.8 Å². The number of imide groups is 1. The fraction of sp³-hybridized carbons (Fsp3) is 0.214. The number of rotatable bonds is 4. The molecule has 20 heavy (non-hydrogen) atoms. The molecule has 0 atom stereocenters. The van der Waals surface area contributed by atoms with E-state index in [9.17, 15) is 14.4 Å². The standard InChI is InChI=1S/C14H14N2O3S/c1-2-15-12(17)9-16-13(18)11(20-14(16)19)8-10-6-4-3-5-7-10/h3-8H,2,9H2,1H3,(H,15,17)/b11-8+. The van der Waals surface area contributed by atoms with E-state index < -0.39 is 11.1 Å². The lowest BCUT2D eigenvalue weighted by molar-refractivity contribution is -0.129. The van der Waals surface area contributed by atoms with Gasteiger partial charge in [-0.2, -0.15) is 0 Å². The van der Waals surface area contributed by atoms with Gasteiger partial charge in [0, 0.05) is 6.54 Å². The second-order valence-corrected chi connectivity index (χ2v) is 5.13. The normalized spacial score (nSPS) is 16.9. The molecule has 0 radical (unpaired) electrons. The predicted octanol–water partition coefficient (Wildman–Crippen LogP) is 1.86. The molecule has 1 aromatic carbocycles. The van der Waals surface area contributed by atoms with Crippen LogP contribution in [0.1, 0.15) is 12.5 Å². The van der Waals surface area contributed by atoms with E-state index in [1.807, 2.05) is 30.3 Å². The maximum atomic E-state index is 12.1. The minimum Gasteiger partial charge on any atom is -0.355 e. The molecule has 0 unspecified atom stereocenters. The van der Waals surface area contributed by atoms with Crippen LogP contribution in [0.4, 0.5) is 4.79 Å². The Kier molecular flexibility index (Phi) is 4.57. The van der Waals surface area contributed by atoms with Crippen LogP contribution in [0.5, 0.6) is 0 Å². The summed E-state index contributed by atoms with van der Waals surface area (Å²) < 4.78 is 0. The molecule has 3 amide bonds. The van der Waals surface area contributed by atoms with Crippen molar-refractivity contribution in [3.8, 4) is 0 Å². The lowest BCUT2D eigenvalue weighted by atomic mass is 10.2. The Balaban J connectivity index is 2.13. The van der Waals surface area contributed by atoms with Gasteiger partial charge in [0.15, 0.2) is 0 Å². The number of hydrogen-bond acceptors (Lipinski definition) is 4. The second kappa shape index (κ2) is 6.38. The first-order valence-corrected chi connectivity index (χ1v) is 7.00. The van der Waals surface area contributed by atoms with Gasteiger partial charge in [-0.3, -0.25) is 19.3 Å². The number of nitrogens with zero attached hydrogens (tertiary/aromatic N) is 1. The summed E-state index contributed by atoms with van der Waals surface area (Å²) in [5, 5.41) is 2.15. The number of likely N-dealkylation sites (N-methyl/N-ethyl adjacent to an activating group) is 1.